The lowest BCUT2D eigenvalue weighted by Gasteiger charge is -2.13. The van der Waals surface area contributed by atoms with Crippen LogP contribution in [0.4, 0.5) is 0 Å². The average Bonchev–Trinajstić information content (AvgIpc) is 2.71. The first-order chi connectivity index (χ1) is 8.99. The molecule has 1 aromatic carbocycles. The lowest BCUT2D eigenvalue weighted by molar-refractivity contribution is 0.403. The van der Waals surface area contributed by atoms with Crippen LogP contribution in [0.2, 0.25) is 5.02 Å². The molecule has 0 saturated heterocycles. The van der Waals surface area contributed by atoms with E-state index in [1.807, 2.05) is 11.3 Å². The van der Waals surface area contributed by atoms with Gasteiger partial charge in [-0.05, 0) is 37.2 Å². The SMILES string of the molecule is CC(C)c1sc(-c2ccccc2CN(C)C)cc1Cl. The number of nitrogens with zero attached hydrogens (tertiary/aromatic N) is 1. The Labute approximate surface area is 124 Å². The molecule has 0 aliphatic carbocycles. The normalized spacial score (nSPS) is 11.5. The van der Waals surface area contributed by atoms with Gasteiger partial charge in [0.2, 0.25) is 0 Å². The van der Waals surface area contributed by atoms with Gasteiger partial charge < -0.3 is 4.90 Å². The van der Waals surface area contributed by atoms with Crippen LogP contribution in [0.25, 0.3) is 10.4 Å². The molecule has 0 atom stereocenters. The summed E-state index contributed by atoms with van der Waals surface area (Å²) in [5, 5.41) is 0.898. The number of thiophene rings is 1. The van der Waals surface area contributed by atoms with Crippen molar-refractivity contribution in [1.29, 1.82) is 0 Å². The van der Waals surface area contributed by atoms with Crippen molar-refractivity contribution >= 4 is 22.9 Å². The third-order valence-corrected chi connectivity index (χ3v) is 4.90. The minimum Gasteiger partial charge on any atom is -0.305 e. The van der Waals surface area contributed by atoms with Gasteiger partial charge in [-0.1, -0.05) is 49.7 Å². The van der Waals surface area contributed by atoms with Crippen molar-refractivity contribution in [2.75, 3.05) is 14.1 Å². The van der Waals surface area contributed by atoms with E-state index >= 15 is 0 Å². The highest BCUT2D eigenvalue weighted by molar-refractivity contribution is 7.16. The second kappa shape index (κ2) is 6.08. The molecule has 0 fully saturated rings. The van der Waals surface area contributed by atoms with Crippen LogP contribution in [-0.2, 0) is 6.54 Å². The van der Waals surface area contributed by atoms with Gasteiger partial charge in [-0.15, -0.1) is 11.3 Å². The highest BCUT2D eigenvalue weighted by atomic mass is 35.5. The molecular weight excluding hydrogens is 274 g/mol. The molecule has 0 spiro atoms. The molecule has 0 N–H and O–H groups in total. The smallest absolute Gasteiger partial charge is 0.0554 e. The van der Waals surface area contributed by atoms with Crippen molar-refractivity contribution in [2.45, 2.75) is 26.3 Å². The third-order valence-electron chi connectivity index (χ3n) is 3.01. The van der Waals surface area contributed by atoms with E-state index in [2.05, 4.69) is 63.2 Å². The Bertz CT molecular complexity index is 558. The molecule has 0 radical (unpaired) electrons. The molecule has 2 rings (SSSR count). The molecule has 0 aliphatic heterocycles. The summed E-state index contributed by atoms with van der Waals surface area (Å²) in [6, 6.07) is 10.7. The molecule has 19 heavy (non-hydrogen) atoms. The van der Waals surface area contributed by atoms with E-state index in [9.17, 15) is 0 Å². The molecule has 0 saturated carbocycles. The average molecular weight is 294 g/mol. The molecule has 1 heterocycles. The van der Waals surface area contributed by atoms with Gasteiger partial charge in [-0.2, -0.15) is 0 Å². The second-order valence-corrected chi connectivity index (χ2v) is 6.86. The van der Waals surface area contributed by atoms with E-state index in [-0.39, 0.29) is 0 Å². The van der Waals surface area contributed by atoms with Crippen LogP contribution in [0.3, 0.4) is 0 Å². The molecule has 2 aromatic rings. The van der Waals surface area contributed by atoms with Crippen molar-refractivity contribution in [2.24, 2.45) is 0 Å². The molecule has 102 valence electrons. The minimum atomic E-state index is 0.479. The zero-order valence-electron chi connectivity index (χ0n) is 11.9. The van der Waals surface area contributed by atoms with E-state index in [1.54, 1.807) is 0 Å². The maximum Gasteiger partial charge on any atom is 0.0554 e. The number of benzene rings is 1. The standard InChI is InChI=1S/C16H20ClNS/c1-11(2)16-14(17)9-15(19-16)13-8-6-5-7-12(13)10-18(3)4/h5-9,11H,10H2,1-4H3. The van der Waals surface area contributed by atoms with Gasteiger partial charge in [-0.25, -0.2) is 0 Å². The van der Waals surface area contributed by atoms with Gasteiger partial charge in [-0.3, -0.25) is 0 Å². The summed E-state index contributed by atoms with van der Waals surface area (Å²) in [5.74, 6) is 0.479. The zero-order chi connectivity index (χ0) is 14.0. The van der Waals surface area contributed by atoms with Crippen molar-refractivity contribution in [3.05, 3.63) is 45.8 Å². The molecule has 1 aromatic heterocycles. The maximum atomic E-state index is 6.35. The predicted molar refractivity (Wildman–Crippen MR) is 86.2 cm³/mol. The quantitative estimate of drug-likeness (QED) is 0.744. The minimum absolute atomic E-state index is 0.479. The number of halogens is 1. The fourth-order valence-corrected chi connectivity index (χ4v) is 3.77. The van der Waals surface area contributed by atoms with Crippen LogP contribution in [-0.4, -0.2) is 19.0 Å². The van der Waals surface area contributed by atoms with Gasteiger partial charge in [0.1, 0.15) is 0 Å². The number of hydrogen-bond acceptors (Lipinski definition) is 2. The van der Waals surface area contributed by atoms with Gasteiger partial charge >= 0.3 is 0 Å². The zero-order valence-corrected chi connectivity index (χ0v) is 13.5. The third kappa shape index (κ3) is 3.38. The summed E-state index contributed by atoms with van der Waals surface area (Å²) in [7, 11) is 4.19. The monoisotopic (exact) mass is 293 g/mol. The lowest BCUT2D eigenvalue weighted by Crippen LogP contribution is -2.11. The summed E-state index contributed by atoms with van der Waals surface area (Å²) < 4.78 is 0. The maximum absolute atomic E-state index is 6.35. The Morgan fingerprint density at radius 2 is 1.89 bits per heavy atom. The van der Waals surface area contributed by atoms with Crippen LogP contribution in [0.5, 0.6) is 0 Å². The second-order valence-electron chi connectivity index (χ2n) is 5.37. The van der Waals surface area contributed by atoms with Crippen LogP contribution < -0.4 is 0 Å². The Kier molecular flexibility index (Phi) is 4.67. The summed E-state index contributed by atoms with van der Waals surface area (Å²) in [4.78, 5) is 4.74. The van der Waals surface area contributed by atoms with Crippen LogP contribution in [0.15, 0.2) is 30.3 Å². The Morgan fingerprint density at radius 3 is 2.47 bits per heavy atom. The summed E-state index contributed by atoms with van der Waals surface area (Å²) in [6.07, 6.45) is 0. The summed E-state index contributed by atoms with van der Waals surface area (Å²) >= 11 is 8.16. The molecule has 3 heteroatoms. The molecule has 0 unspecified atom stereocenters. The topological polar surface area (TPSA) is 3.24 Å². The highest BCUT2D eigenvalue weighted by Gasteiger charge is 2.14. The van der Waals surface area contributed by atoms with Gasteiger partial charge in [0.25, 0.3) is 0 Å². The number of hydrogen-bond donors (Lipinski definition) is 0. The molecular formula is C16H20ClNS. The summed E-state index contributed by atoms with van der Waals surface area (Å²) in [5.41, 5.74) is 2.65. The van der Waals surface area contributed by atoms with Crippen LogP contribution >= 0.6 is 22.9 Å². The lowest BCUT2D eigenvalue weighted by atomic mass is 10.1. The number of rotatable bonds is 4. The first-order valence-electron chi connectivity index (χ1n) is 6.51. The van der Waals surface area contributed by atoms with Crippen LogP contribution in [0.1, 0.15) is 30.2 Å². The molecule has 0 amide bonds. The molecule has 1 nitrogen and oxygen atoms in total. The Morgan fingerprint density at radius 1 is 1.21 bits per heavy atom. The Balaban J connectivity index is 2.44. The fourth-order valence-electron chi connectivity index (χ4n) is 2.15. The first-order valence-corrected chi connectivity index (χ1v) is 7.70. The first kappa shape index (κ1) is 14.6. The summed E-state index contributed by atoms with van der Waals surface area (Å²) in [6.45, 7) is 5.32. The predicted octanol–water partition coefficient (Wildman–Crippen LogP) is 5.25. The van der Waals surface area contributed by atoms with Crippen molar-refractivity contribution in [1.82, 2.24) is 4.90 Å². The molecule has 0 aliphatic rings. The van der Waals surface area contributed by atoms with Gasteiger partial charge in [0.05, 0.1) is 5.02 Å². The van der Waals surface area contributed by atoms with Gasteiger partial charge in [0.15, 0.2) is 0 Å². The van der Waals surface area contributed by atoms with E-state index in [1.165, 1.54) is 20.9 Å². The Hall–Kier alpha value is -0.830. The largest absolute Gasteiger partial charge is 0.305 e. The van der Waals surface area contributed by atoms with Crippen molar-refractivity contribution in [3.8, 4) is 10.4 Å². The highest BCUT2D eigenvalue weighted by Crippen LogP contribution is 2.39. The van der Waals surface area contributed by atoms with Gasteiger partial charge in [0, 0.05) is 16.3 Å². The van der Waals surface area contributed by atoms with E-state index in [0.717, 1.165) is 11.6 Å². The van der Waals surface area contributed by atoms with E-state index in [4.69, 9.17) is 11.6 Å². The van der Waals surface area contributed by atoms with E-state index < -0.39 is 0 Å². The fraction of sp³-hybridized carbons (Fsp3) is 0.375. The van der Waals surface area contributed by atoms with E-state index in [0.29, 0.717) is 5.92 Å². The van der Waals surface area contributed by atoms with Crippen molar-refractivity contribution < 1.29 is 0 Å². The molecule has 0 bridgehead atoms. The van der Waals surface area contributed by atoms with Crippen LogP contribution in [0, 0.1) is 0 Å². The van der Waals surface area contributed by atoms with Crippen molar-refractivity contribution in [3.63, 3.8) is 0 Å².